The maximum Gasteiger partial charge on any atom is 0.375 e. The van der Waals surface area contributed by atoms with Crippen molar-refractivity contribution in [2.24, 2.45) is 0 Å². The van der Waals surface area contributed by atoms with E-state index in [-0.39, 0.29) is 17.2 Å². The number of Topliss-reactive ketones (excluding diaryl/α,β-unsaturated/α-hetero) is 1. The van der Waals surface area contributed by atoms with Gasteiger partial charge in [0.2, 0.25) is 0 Å². The average molecular weight is 271 g/mol. The van der Waals surface area contributed by atoms with Crippen LogP contribution in [0.2, 0.25) is 0 Å². The Balaban J connectivity index is 2.02. The number of epoxide rings is 1. The molecule has 0 unspecified atom stereocenters. The predicted octanol–water partition coefficient (Wildman–Crippen LogP) is 2.87. The Morgan fingerprint density at radius 3 is 2.47 bits per heavy atom. The zero-order valence-corrected chi connectivity index (χ0v) is 10.2. The lowest BCUT2D eigenvalue weighted by atomic mass is 10.1. The quantitative estimate of drug-likeness (QED) is 0.480. The molecule has 0 aliphatic carbocycles. The molecular weight excluding hydrogens is 263 g/mol. The highest BCUT2D eigenvalue weighted by Crippen LogP contribution is 2.43. The first-order chi connectivity index (χ1) is 8.04. The molecule has 1 fully saturated rings. The monoisotopic (exact) mass is 270 g/mol. The minimum atomic E-state index is -1.54. The molecule has 1 aromatic rings. The fourth-order valence-corrected chi connectivity index (χ4v) is 1.64. The van der Waals surface area contributed by atoms with Gasteiger partial charge in [-0.05, 0) is 0 Å². The van der Waals surface area contributed by atoms with Crippen molar-refractivity contribution >= 4 is 35.0 Å². The van der Waals surface area contributed by atoms with E-state index >= 15 is 0 Å². The molecule has 0 saturated carbocycles. The summed E-state index contributed by atoms with van der Waals surface area (Å²) in [6.45, 7) is 0. The van der Waals surface area contributed by atoms with Crippen LogP contribution in [0.3, 0.4) is 0 Å². The van der Waals surface area contributed by atoms with E-state index in [4.69, 9.17) is 23.2 Å². The third-order valence-corrected chi connectivity index (χ3v) is 3.28. The molecule has 0 spiro atoms. The van der Waals surface area contributed by atoms with E-state index < -0.39 is 11.0 Å². The molecule has 1 aliphatic rings. The third kappa shape index (κ3) is 2.51. The molecule has 88 valence electrons. The van der Waals surface area contributed by atoms with Crippen LogP contribution in [0.15, 0.2) is 41.4 Å². The van der Waals surface area contributed by atoms with Crippen molar-refractivity contribution in [3.63, 3.8) is 0 Å². The Morgan fingerprint density at radius 2 is 1.94 bits per heavy atom. The highest BCUT2D eigenvalue weighted by Gasteiger charge is 2.60. The number of carbonyl (C=O) groups excluding carboxylic acids is 2. The van der Waals surface area contributed by atoms with Gasteiger partial charge in [0.15, 0.2) is 5.78 Å². The lowest BCUT2D eigenvalue weighted by molar-refractivity contribution is -0.117. The number of allylic oxidation sites excluding steroid dienone is 1. The number of cyclic esters (lactones) is 1. The number of rotatable bonds is 4. The number of hydrogen-bond donors (Lipinski definition) is 0. The van der Waals surface area contributed by atoms with E-state index in [1.165, 1.54) is 6.08 Å². The molecule has 5 heteroatoms. The zero-order chi connectivity index (χ0) is 12.5. The van der Waals surface area contributed by atoms with Gasteiger partial charge in [0.1, 0.15) is 0 Å². The van der Waals surface area contributed by atoms with Crippen LogP contribution in [0.4, 0.5) is 0 Å². The molecule has 3 nitrogen and oxygen atoms in total. The van der Waals surface area contributed by atoms with Crippen molar-refractivity contribution in [1.82, 2.24) is 0 Å². The molecule has 0 amide bonds. The highest BCUT2D eigenvalue weighted by molar-refractivity contribution is 6.49. The van der Waals surface area contributed by atoms with Crippen molar-refractivity contribution in [3.05, 3.63) is 47.0 Å². The van der Waals surface area contributed by atoms with Gasteiger partial charge in [0.05, 0.1) is 5.03 Å². The van der Waals surface area contributed by atoms with Crippen LogP contribution in [0.1, 0.15) is 16.8 Å². The van der Waals surface area contributed by atoms with Crippen LogP contribution in [-0.2, 0) is 9.53 Å². The van der Waals surface area contributed by atoms with Gasteiger partial charge in [0, 0.05) is 12.0 Å². The summed E-state index contributed by atoms with van der Waals surface area (Å²) in [4.78, 5) is 22.5. The van der Waals surface area contributed by atoms with Crippen LogP contribution >= 0.6 is 23.2 Å². The summed E-state index contributed by atoms with van der Waals surface area (Å²) in [7, 11) is 0. The normalized spacial score (nSPS) is 23.2. The molecule has 0 bridgehead atoms. The summed E-state index contributed by atoms with van der Waals surface area (Å²) < 4.78 is 4.52. The molecule has 1 saturated heterocycles. The maximum atomic E-state index is 11.7. The van der Waals surface area contributed by atoms with Gasteiger partial charge in [-0.1, -0.05) is 59.6 Å². The second kappa shape index (κ2) is 4.51. The van der Waals surface area contributed by atoms with Crippen molar-refractivity contribution in [3.8, 4) is 0 Å². The minimum Gasteiger partial charge on any atom is -0.422 e. The Bertz CT molecular complexity index is 496. The first-order valence-corrected chi connectivity index (χ1v) is 5.66. The summed E-state index contributed by atoms with van der Waals surface area (Å²) in [5, 5.41) is -1.51. The van der Waals surface area contributed by atoms with Crippen LogP contribution < -0.4 is 0 Å². The first kappa shape index (κ1) is 12.1. The van der Waals surface area contributed by atoms with Crippen molar-refractivity contribution in [1.29, 1.82) is 0 Å². The summed E-state index contributed by atoms with van der Waals surface area (Å²) in [6.07, 6.45) is 1.47. The Morgan fingerprint density at radius 1 is 1.35 bits per heavy atom. The predicted molar refractivity (Wildman–Crippen MR) is 64.0 cm³/mol. The summed E-state index contributed by atoms with van der Waals surface area (Å²) in [5.41, 5.74) is 0.583. The second-order valence-corrected chi connectivity index (χ2v) is 4.47. The van der Waals surface area contributed by atoms with Gasteiger partial charge in [-0.25, -0.2) is 4.79 Å². The molecule has 1 atom stereocenters. The molecule has 1 heterocycles. The van der Waals surface area contributed by atoms with E-state index in [9.17, 15) is 9.59 Å². The smallest absolute Gasteiger partial charge is 0.375 e. The SMILES string of the molecule is O=C(CC=C(Cl)[C@@]1(Cl)OC1=O)c1ccccc1. The van der Waals surface area contributed by atoms with Gasteiger partial charge in [-0.3, -0.25) is 4.79 Å². The maximum absolute atomic E-state index is 11.7. The van der Waals surface area contributed by atoms with Crippen molar-refractivity contribution in [2.45, 2.75) is 11.5 Å². The van der Waals surface area contributed by atoms with E-state index in [1.54, 1.807) is 24.3 Å². The molecule has 17 heavy (non-hydrogen) atoms. The lowest BCUT2D eigenvalue weighted by Gasteiger charge is -1.99. The lowest BCUT2D eigenvalue weighted by Crippen LogP contribution is -2.04. The van der Waals surface area contributed by atoms with E-state index in [2.05, 4.69) is 4.74 Å². The fraction of sp³-hybridized carbons (Fsp3) is 0.167. The van der Waals surface area contributed by atoms with Gasteiger partial charge in [-0.2, -0.15) is 0 Å². The van der Waals surface area contributed by atoms with Gasteiger partial charge >= 0.3 is 11.0 Å². The Kier molecular flexibility index (Phi) is 3.22. The van der Waals surface area contributed by atoms with Crippen molar-refractivity contribution in [2.75, 3.05) is 0 Å². The average Bonchev–Trinajstić information content (AvgIpc) is 2.96. The number of benzene rings is 1. The number of halogens is 2. The summed E-state index contributed by atoms with van der Waals surface area (Å²) in [5.74, 6) is -0.690. The molecule has 1 aliphatic heterocycles. The number of hydrogen-bond acceptors (Lipinski definition) is 3. The first-order valence-electron chi connectivity index (χ1n) is 4.91. The van der Waals surface area contributed by atoms with Crippen LogP contribution in [0.25, 0.3) is 0 Å². The van der Waals surface area contributed by atoms with Gasteiger partial charge in [0.25, 0.3) is 0 Å². The van der Waals surface area contributed by atoms with E-state index in [0.29, 0.717) is 5.56 Å². The molecule has 0 aromatic heterocycles. The van der Waals surface area contributed by atoms with Crippen LogP contribution in [0.5, 0.6) is 0 Å². The molecule has 0 radical (unpaired) electrons. The number of ketones is 1. The third-order valence-electron chi connectivity index (χ3n) is 2.32. The zero-order valence-electron chi connectivity index (χ0n) is 8.65. The topological polar surface area (TPSA) is 46.7 Å². The summed E-state index contributed by atoms with van der Waals surface area (Å²) >= 11 is 11.5. The largest absolute Gasteiger partial charge is 0.422 e. The van der Waals surface area contributed by atoms with Crippen LogP contribution in [0, 0.1) is 0 Å². The Labute approximate surface area is 108 Å². The van der Waals surface area contributed by atoms with Gasteiger partial charge in [-0.15, -0.1) is 0 Å². The fourth-order valence-electron chi connectivity index (χ4n) is 1.30. The van der Waals surface area contributed by atoms with E-state index in [1.807, 2.05) is 6.07 Å². The summed E-state index contributed by atoms with van der Waals surface area (Å²) in [6, 6.07) is 8.78. The standard InChI is InChI=1S/C12H8Cl2O3/c13-10(12(14)11(16)17-12)7-6-9(15)8-4-2-1-3-5-8/h1-5,7H,6H2/t12-/m1/s1. The Hall–Kier alpha value is -1.32. The van der Waals surface area contributed by atoms with E-state index in [0.717, 1.165) is 0 Å². The minimum absolute atomic E-state index is 0.0356. The molecular formula is C12H8Cl2O3. The molecule has 2 rings (SSSR count). The number of ether oxygens (including phenoxy) is 1. The second-order valence-electron chi connectivity index (χ2n) is 3.53. The number of alkyl halides is 1. The highest BCUT2D eigenvalue weighted by atomic mass is 35.5. The van der Waals surface area contributed by atoms with Crippen LogP contribution in [-0.4, -0.2) is 16.8 Å². The molecule has 1 aromatic carbocycles. The van der Waals surface area contributed by atoms with Crippen molar-refractivity contribution < 1.29 is 14.3 Å². The van der Waals surface area contributed by atoms with Gasteiger partial charge < -0.3 is 4.74 Å². The number of carbonyl (C=O) groups is 2. The molecule has 0 N–H and O–H groups in total.